The van der Waals surface area contributed by atoms with Gasteiger partial charge in [-0.1, -0.05) is 18.2 Å². The second-order valence-corrected chi connectivity index (χ2v) is 7.11. The Morgan fingerprint density at radius 1 is 1.00 bits per heavy atom. The lowest BCUT2D eigenvalue weighted by molar-refractivity contribution is 0.527. The summed E-state index contributed by atoms with van der Waals surface area (Å²) in [6, 6.07) is 5.17. The normalized spacial score (nSPS) is 13.0. The largest absolute Gasteiger partial charge is 0.326 e. The minimum absolute atomic E-state index is 0.146. The molecule has 4 nitrogen and oxygen atoms in total. The number of rotatable bonds is 3. The van der Waals surface area contributed by atoms with Gasteiger partial charge in [-0.15, -0.1) is 7.77 Å². The Balaban J connectivity index is 3.54. The van der Waals surface area contributed by atoms with Crippen LogP contribution in [0.2, 0.25) is 0 Å². The Morgan fingerprint density at radius 2 is 1.44 bits per heavy atom. The maximum atomic E-state index is 12.8. The third-order valence-electron chi connectivity index (χ3n) is 1.67. The third-order valence-corrected chi connectivity index (χ3v) is 5.56. The van der Waals surface area contributed by atoms with Crippen molar-refractivity contribution in [3.8, 4) is 0 Å². The SMILES string of the molecule is O=S(=O)(F)C(c1ccccc1I)S(=O)(=O)F. The zero-order valence-electron chi connectivity index (χ0n) is 7.47. The second kappa shape index (κ2) is 4.53. The Hall–Kier alpha value is -0.290. The molecule has 0 aliphatic rings. The summed E-state index contributed by atoms with van der Waals surface area (Å²) in [5.41, 5.74) is -0.437. The molecular formula is C7H5F2IO4S2. The standard InChI is InChI=1S/C7H5F2IO4S2/c8-15(11,12)7(16(9,13)14)5-3-1-2-4-6(5)10/h1-4,7H. The Kier molecular flexibility index (Phi) is 3.90. The molecule has 0 aromatic heterocycles. The van der Waals surface area contributed by atoms with Crippen molar-refractivity contribution in [3.63, 3.8) is 0 Å². The molecule has 90 valence electrons. The van der Waals surface area contributed by atoms with Crippen LogP contribution in [-0.2, 0) is 20.4 Å². The van der Waals surface area contributed by atoms with E-state index in [1.54, 1.807) is 22.6 Å². The lowest BCUT2D eigenvalue weighted by Crippen LogP contribution is -2.17. The van der Waals surface area contributed by atoms with Gasteiger partial charge in [0.1, 0.15) is 0 Å². The molecule has 0 spiro atoms. The molecule has 0 N–H and O–H groups in total. The van der Waals surface area contributed by atoms with E-state index in [2.05, 4.69) is 0 Å². The molecule has 0 saturated carbocycles. The third kappa shape index (κ3) is 3.10. The highest BCUT2D eigenvalue weighted by molar-refractivity contribution is 14.1. The highest BCUT2D eigenvalue weighted by Gasteiger charge is 2.41. The molecule has 0 radical (unpaired) electrons. The van der Waals surface area contributed by atoms with Crippen LogP contribution in [0.4, 0.5) is 7.77 Å². The summed E-state index contributed by atoms with van der Waals surface area (Å²) in [4.78, 5) is 0. The summed E-state index contributed by atoms with van der Waals surface area (Å²) in [7, 11) is -11.1. The highest BCUT2D eigenvalue weighted by Crippen LogP contribution is 2.33. The van der Waals surface area contributed by atoms with Crippen LogP contribution in [0.1, 0.15) is 10.1 Å². The first-order valence-electron chi connectivity index (χ1n) is 3.75. The van der Waals surface area contributed by atoms with Gasteiger partial charge in [0.2, 0.25) is 4.58 Å². The van der Waals surface area contributed by atoms with Gasteiger partial charge in [-0.3, -0.25) is 0 Å². The van der Waals surface area contributed by atoms with E-state index < -0.39 is 30.6 Å². The van der Waals surface area contributed by atoms with Crippen molar-refractivity contribution in [2.75, 3.05) is 0 Å². The van der Waals surface area contributed by atoms with E-state index in [0.717, 1.165) is 6.07 Å². The lowest BCUT2D eigenvalue weighted by atomic mass is 10.2. The maximum absolute atomic E-state index is 12.8. The molecule has 9 heteroatoms. The van der Waals surface area contributed by atoms with Crippen LogP contribution >= 0.6 is 22.6 Å². The van der Waals surface area contributed by atoms with Crippen LogP contribution in [0.15, 0.2) is 24.3 Å². The minimum Gasteiger partial charge on any atom is -0.193 e. The van der Waals surface area contributed by atoms with Gasteiger partial charge in [-0.25, -0.2) is 0 Å². The van der Waals surface area contributed by atoms with Gasteiger partial charge in [0.15, 0.2) is 0 Å². The summed E-state index contributed by atoms with van der Waals surface area (Å²) in [5, 5.41) is 0. The first kappa shape index (κ1) is 13.8. The maximum Gasteiger partial charge on any atom is 0.326 e. The number of halogens is 3. The molecule has 0 fully saturated rings. The molecule has 0 heterocycles. The fourth-order valence-corrected chi connectivity index (χ4v) is 4.34. The molecule has 0 saturated heterocycles. The van der Waals surface area contributed by atoms with Crippen LogP contribution in [-0.4, -0.2) is 16.8 Å². The first-order valence-corrected chi connectivity index (χ1v) is 7.72. The van der Waals surface area contributed by atoms with Gasteiger partial charge >= 0.3 is 20.4 Å². The van der Waals surface area contributed by atoms with Gasteiger partial charge in [-0.2, -0.15) is 16.8 Å². The van der Waals surface area contributed by atoms with E-state index in [0.29, 0.717) is 0 Å². The van der Waals surface area contributed by atoms with Gasteiger partial charge in [0.25, 0.3) is 0 Å². The minimum atomic E-state index is -5.57. The van der Waals surface area contributed by atoms with Gasteiger partial charge in [0, 0.05) is 9.13 Å². The van der Waals surface area contributed by atoms with E-state index in [9.17, 15) is 24.6 Å². The quantitative estimate of drug-likeness (QED) is 0.592. The summed E-state index contributed by atoms with van der Waals surface area (Å²) in [6.07, 6.45) is 0. The van der Waals surface area contributed by atoms with E-state index >= 15 is 0 Å². The van der Waals surface area contributed by atoms with Crippen LogP contribution in [0.25, 0.3) is 0 Å². The Morgan fingerprint density at radius 3 is 1.81 bits per heavy atom. The number of hydrogen-bond acceptors (Lipinski definition) is 4. The number of benzene rings is 1. The zero-order chi connectivity index (χ0) is 12.6. The molecule has 0 bridgehead atoms. The van der Waals surface area contributed by atoms with Crippen molar-refractivity contribution < 1.29 is 24.6 Å². The van der Waals surface area contributed by atoms with Crippen molar-refractivity contribution in [1.82, 2.24) is 0 Å². The highest BCUT2D eigenvalue weighted by atomic mass is 127. The lowest BCUT2D eigenvalue weighted by Gasteiger charge is -2.10. The molecule has 1 aromatic carbocycles. The molecule has 1 aromatic rings. The van der Waals surface area contributed by atoms with Crippen molar-refractivity contribution in [2.24, 2.45) is 0 Å². The van der Waals surface area contributed by atoms with Gasteiger partial charge < -0.3 is 0 Å². The molecule has 0 atom stereocenters. The average Bonchev–Trinajstić information content (AvgIpc) is 2.03. The molecule has 0 aliphatic heterocycles. The average molecular weight is 382 g/mol. The fourth-order valence-electron chi connectivity index (χ4n) is 1.11. The number of hydrogen-bond donors (Lipinski definition) is 0. The van der Waals surface area contributed by atoms with Gasteiger partial charge in [0.05, 0.1) is 0 Å². The predicted molar refractivity (Wildman–Crippen MR) is 62.0 cm³/mol. The van der Waals surface area contributed by atoms with Crippen LogP contribution in [0.3, 0.4) is 0 Å². The first-order chi connectivity index (χ1) is 7.14. The second-order valence-electron chi connectivity index (χ2n) is 2.80. The van der Waals surface area contributed by atoms with Crippen LogP contribution in [0.5, 0.6) is 0 Å². The molecule has 1 rings (SSSR count). The van der Waals surface area contributed by atoms with Crippen LogP contribution < -0.4 is 0 Å². The van der Waals surface area contributed by atoms with Crippen molar-refractivity contribution in [2.45, 2.75) is 4.58 Å². The van der Waals surface area contributed by atoms with E-state index in [1.165, 1.54) is 18.2 Å². The van der Waals surface area contributed by atoms with E-state index in [4.69, 9.17) is 0 Å². The topological polar surface area (TPSA) is 68.3 Å². The summed E-state index contributed by atoms with van der Waals surface area (Å²) in [6.45, 7) is 0. The summed E-state index contributed by atoms with van der Waals surface area (Å²) in [5.74, 6) is 0. The monoisotopic (exact) mass is 382 g/mol. The smallest absolute Gasteiger partial charge is 0.193 e. The van der Waals surface area contributed by atoms with Crippen molar-refractivity contribution in [3.05, 3.63) is 33.4 Å². The Bertz CT molecular complexity index is 565. The Labute approximate surface area is 105 Å². The van der Waals surface area contributed by atoms with E-state index in [1.807, 2.05) is 0 Å². The molecule has 16 heavy (non-hydrogen) atoms. The molecule has 0 amide bonds. The summed E-state index contributed by atoms with van der Waals surface area (Å²) < 4.78 is 65.4. The molecule has 0 unspecified atom stereocenters. The van der Waals surface area contributed by atoms with E-state index in [-0.39, 0.29) is 3.57 Å². The van der Waals surface area contributed by atoms with Crippen LogP contribution in [0, 0.1) is 3.57 Å². The molecule has 0 aliphatic carbocycles. The van der Waals surface area contributed by atoms with Crippen molar-refractivity contribution in [1.29, 1.82) is 0 Å². The fraction of sp³-hybridized carbons (Fsp3) is 0.143. The van der Waals surface area contributed by atoms with Gasteiger partial charge in [-0.05, 0) is 28.7 Å². The van der Waals surface area contributed by atoms with Crippen molar-refractivity contribution >= 4 is 43.0 Å². The zero-order valence-corrected chi connectivity index (χ0v) is 11.3. The predicted octanol–water partition coefficient (Wildman–Crippen LogP) is 1.89. The molecular weight excluding hydrogens is 377 g/mol. The summed E-state index contributed by atoms with van der Waals surface area (Å²) >= 11 is 1.59.